The summed E-state index contributed by atoms with van der Waals surface area (Å²) in [5, 5.41) is 14.8. The van der Waals surface area contributed by atoms with Crippen molar-refractivity contribution in [2.75, 3.05) is 11.9 Å². The predicted octanol–water partition coefficient (Wildman–Crippen LogP) is 6.14. The number of hydrogen-bond acceptors (Lipinski definition) is 5. The van der Waals surface area contributed by atoms with Crippen molar-refractivity contribution in [1.29, 1.82) is 0 Å². The number of carboxylic acid groups (broad SMARTS) is 1. The molecule has 42 heavy (non-hydrogen) atoms. The van der Waals surface area contributed by atoms with Crippen LogP contribution in [0.5, 0.6) is 0 Å². The number of rotatable bonds is 10. The largest absolute Gasteiger partial charge is 0.478 e. The van der Waals surface area contributed by atoms with Gasteiger partial charge in [0, 0.05) is 11.6 Å². The highest BCUT2D eigenvalue weighted by Gasteiger charge is 2.32. The minimum Gasteiger partial charge on any atom is -0.478 e. The van der Waals surface area contributed by atoms with E-state index in [9.17, 15) is 19.5 Å². The van der Waals surface area contributed by atoms with E-state index in [1.165, 1.54) is 12.1 Å². The van der Waals surface area contributed by atoms with E-state index in [0.29, 0.717) is 11.3 Å². The number of alkyl carbamates (subject to hydrolysis) is 1. The summed E-state index contributed by atoms with van der Waals surface area (Å²) in [5.74, 6) is -1.70. The zero-order valence-electron chi connectivity index (χ0n) is 23.4. The van der Waals surface area contributed by atoms with Crippen LogP contribution in [0.15, 0.2) is 97.1 Å². The van der Waals surface area contributed by atoms with Gasteiger partial charge in [-0.1, -0.05) is 78.9 Å². The Kier molecular flexibility index (Phi) is 8.64. The predicted molar refractivity (Wildman–Crippen MR) is 159 cm³/mol. The zero-order chi connectivity index (χ0) is 29.6. The van der Waals surface area contributed by atoms with Crippen LogP contribution in [0.1, 0.15) is 45.5 Å². The van der Waals surface area contributed by atoms with Crippen molar-refractivity contribution in [2.24, 2.45) is 0 Å². The fraction of sp³-hybridized carbons (Fsp3) is 0.206. The third-order valence-electron chi connectivity index (χ3n) is 7.45. The third kappa shape index (κ3) is 6.34. The van der Waals surface area contributed by atoms with E-state index >= 15 is 0 Å². The first-order valence-corrected chi connectivity index (χ1v) is 13.7. The number of amides is 2. The van der Waals surface area contributed by atoms with Gasteiger partial charge in [0.05, 0.1) is 18.3 Å². The molecule has 2 amide bonds. The summed E-state index contributed by atoms with van der Waals surface area (Å²) < 4.78 is 11.7. The molecule has 0 bridgehead atoms. The van der Waals surface area contributed by atoms with Crippen LogP contribution in [0.2, 0.25) is 0 Å². The van der Waals surface area contributed by atoms with Gasteiger partial charge in [-0.2, -0.15) is 0 Å². The molecule has 2 atom stereocenters. The monoisotopic (exact) mass is 564 g/mol. The average molecular weight is 565 g/mol. The number of aryl methyl sites for hydroxylation is 1. The maximum absolute atomic E-state index is 13.4. The van der Waals surface area contributed by atoms with E-state index in [1.54, 1.807) is 19.9 Å². The maximum Gasteiger partial charge on any atom is 0.407 e. The second-order valence-electron chi connectivity index (χ2n) is 10.3. The number of aromatic carboxylic acids is 1. The van der Waals surface area contributed by atoms with Crippen LogP contribution in [0.4, 0.5) is 10.5 Å². The molecule has 0 aromatic heterocycles. The fourth-order valence-corrected chi connectivity index (χ4v) is 5.26. The van der Waals surface area contributed by atoms with Crippen LogP contribution in [-0.2, 0) is 20.9 Å². The van der Waals surface area contributed by atoms with Gasteiger partial charge in [-0.3, -0.25) is 4.79 Å². The van der Waals surface area contributed by atoms with Crippen molar-refractivity contribution in [3.63, 3.8) is 0 Å². The molecule has 0 fully saturated rings. The van der Waals surface area contributed by atoms with Gasteiger partial charge in [0.1, 0.15) is 12.6 Å². The number of nitrogens with one attached hydrogen (secondary N) is 2. The van der Waals surface area contributed by atoms with E-state index in [4.69, 9.17) is 9.47 Å². The Labute approximate surface area is 244 Å². The molecule has 0 saturated carbocycles. The van der Waals surface area contributed by atoms with E-state index in [1.807, 2.05) is 66.7 Å². The van der Waals surface area contributed by atoms with Gasteiger partial charge in [0.15, 0.2) is 0 Å². The summed E-state index contributed by atoms with van der Waals surface area (Å²) >= 11 is 0. The number of benzene rings is 4. The standard InChI is InChI=1S/C34H32N2O6/c1-21-18-24(16-17-25(21)33(38)39)35-32(37)31(22(2)41-19-23-10-4-3-5-11-23)36-34(40)42-20-30-28-14-8-6-12-26(28)27-13-7-9-15-29(27)30/h3-18,22,30-31H,19-20H2,1-2H3,(H,35,37)(H,36,40)(H,38,39). The van der Waals surface area contributed by atoms with Crippen LogP contribution in [0, 0.1) is 6.92 Å². The Morgan fingerprint density at radius 1 is 0.857 bits per heavy atom. The summed E-state index contributed by atoms with van der Waals surface area (Å²) in [6, 6.07) is 29.0. The summed E-state index contributed by atoms with van der Waals surface area (Å²) in [6.07, 6.45) is -1.46. The number of ether oxygens (including phenoxy) is 2. The summed E-state index contributed by atoms with van der Waals surface area (Å²) in [6.45, 7) is 3.70. The molecule has 0 radical (unpaired) electrons. The molecule has 2 unspecified atom stereocenters. The lowest BCUT2D eigenvalue weighted by molar-refractivity contribution is -0.121. The Morgan fingerprint density at radius 2 is 1.48 bits per heavy atom. The van der Waals surface area contributed by atoms with Crippen molar-refractivity contribution in [1.82, 2.24) is 5.32 Å². The molecule has 0 heterocycles. The molecular formula is C34H32N2O6. The van der Waals surface area contributed by atoms with Crippen molar-refractivity contribution in [2.45, 2.75) is 38.5 Å². The van der Waals surface area contributed by atoms with Crippen LogP contribution in [0.3, 0.4) is 0 Å². The topological polar surface area (TPSA) is 114 Å². The van der Waals surface area contributed by atoms with Gasteiger partial charge in [-0.05, 0) is 65.4 Å². The van der Waals surface area contributed by atoms with Crippen molar-refractivity contribution in [3.8, 4) is 11.1 Å². The highest BCUT2D eigenvalue weighted by molar-refractivity contribution is 5.98. The van der Waals surface area contributed by atoms with Crippen LogP contribution in [-0.4, -0.2) is 41.8 Å². The zero-order valence-corrected chi connectivity index (χ0v) is 23.4. The quantitative estimate of drug-likeness (QED) is 0.213. The maximum atomic E-state index is 13.4. The van der Waals surface area contributed by atoms with Crippen molar-refractivity contribution in [3.05, 3.63) is 125 Å². The van der Waals surface area contributed by atoms with Gasteiger partial charge < -0.3 is 25.2 Å². The lowest BCUT2D eigenvalue weighted by atomic mass is 9.98. The molecule has 214 valence electrons. The summed E-state index contributed by atoms with van der Waals surface area (Å²) in [7, 11) is 0. The molecule has 8 heteroatoms. The SMILES string of the molecule is Cc1cc(NC(=O)C(NC(=O)OCC2c3ccccc3-c3ccccc32)C(C)OCc2ccccc2)ccc1C(=O)O. The van der Waals surface area contributed by atoms with E-state index in [-0.39, 0.29) is 24.7 Å². The van der Waals surface area contributed by atoms with E-state index < -0.39 is 30.1 Å². The number of carbonyl (C=O) groups is 3. The van der Waals surface area contributed by atoms with Crippen LogP contribution >= 0.6 is 0 Å². The second kappa shape index (κ2) is 12.7. The third-order valence-corrected chi connectivity index (χ3v) is 7.45. The Bertz CT molecular complexity index is 1560. The first kappa shape index (κ1) is 28.6. The smallest absolute Gasteiger partial charge is 0.407 e. The van der Waals surface area contributed by atoms with Gasteiger partial charge >= 0.3 is 12.1 Å². The molecule has 1 aliphatic rings. The number of hydrogen-bond donors (Lipinski definition) is 3. The minimum absolute atomic E-state index is 0.100. The van der Waals surface area contributed by atoms with E-state index in [2.05, 4.69) is 22.8 Å². The molecule has 0 aliphatic heterocycles. The molecule has 8 nitrogen and oxygen atoms in total. The van der Waals surface area contributed by atoms with Crippen molar-refractivity contribution < 1.29 is 29.0 Å². The molecule has 0 saturated heterocycles. The highest BCUT2D eigenvalue weighted by atomic mass is 16.5. The molecule has 0 spiro atoms. The lowest BCUT2D eigenvalue weighted by Crippen LogP contribution is -2.51. The molecular weight excluding hydrogens is 532 g/mol. The second-order valence-corrected chi connectivity index (χ2v) is 10.3. The van der Waals surface area contributed by atoms with Crippen molar-refractivity contribution >= 4 is 23.7 Å². The number of carboxylic acids is 1. The van der Waals surface area contributed by atoms with Crippen LogP contribution in [0.25, 0.3) is 11.1 Å². The van der Waals surface area contributed by atoms with Gasteiger partial charge in [-0.15, -0.1) is 0 Å². The lowest BCUT2D eigenvalue weighted by Gasteiger charge is -2.25. The van der Waals surface area contributed by atoms with Gasteiger partial charge in [0.25, 0.3) is 0 Å². The minimum atomic E-state index is -1.09. The fourth-order valence-electron chi connectivity index (χ4n) is 5.26. The number of anilines is 1. The Hall–Kier alpha value is -4.95. The summed E-state index contributed by atoms with van der Waals surface area (Å²) in [4.78, 5) is 37.9. The average Bonchev–Trinajstić information content (AvgIpc) is 3.31. The first-order valence-electron chi connectivity index (χ1n) is 13.7. The molecule has 3 N–H and O–H groups in total. The normalized spacial score (nSPS) is 13.4. The summed E-state index contributed by atoms with van der Waals surface area (Å²) in [5.41, 5.74) is 6.36. The Morgan fingerprint density at radius 3 is 2.10 bits per heavy atom. The highest BCUT2D eigenvalue weighted by Crippen LogP contribution is 2.44. The van der Waals surface area contributed by atoms with Crippen LogP contribution < -0.4 is 10.6 Å². The molecule has 5 rings (SSSR count). The molecule has 4 aromatic rings. The molecule has 1 aliphatic carbocycles. The first-order chi connectivity index (χ1) is 20.3. The number of carbonyl (C=O) groups excluding carboxylic acids is 2. The van der Waals surface area contributed by atoms with E-state index in [0.717, 1.165) is 27.8 Å². The Balaban J connectivity index is 1.29. The number of fused-ring (bicyclic) bond motifs is 3. The van der Waals surface area contributed by atoms with Gasteiger partial charge in [-0.25, -0.2) is 9.59 Å². The molecule has 4 aromatic carbocycles. The van der Waals surface area contributed by atoms with Gasteiger partial charge in [0.2, 0.25) is 5.91 Å².